The first-order valence-corrected chi connectivity index (χ1v) is 7.96. The van der Waals surface area contributed by atoms with E-state index in [1.165, 1.54) is 23.1 Å². The van der Waals surface area contributed by atoms with Gasteiger partial charge in [-0.1, -0.05) is 24.3 Å². The van der Waals surface area contributed by atoms with Crippen molar-refractivity contribution in [1.29, 1.82) is 0 Å². The zero-order valence-corrected chi connectivity index (χ0v) is 13.8. The number of likely N-dealkylation sites (N-methyl/N-ethyl adjacent to an activating group) is 1. The van der Waals surface area contributed by atoms with Gasteiger partial charge in [-0.2, -0.15) is 0 Å². The number of carbonyl (C=O) groups excluding carboxylic acids is 2. The Hall–Kier alpha value is -3.15. The Morgan fingerprint density at radius 2 is 1.76 bits per heavy atom. The third kappa shape index (κ3) is 3.24. The molecule has 0 spiro atoms. The van der Waals surface area contributed by atoms with Gasteiger partial charge in [-0.15, -0.1) is 0 Å². The van der Waals surface area contributed by atoms with Crippen molar-refractivity contribution in [3.8, 4) is 0 Å². The number of nitrogens with zero attached hydrogens (tertiary/aromatic N) is 2. The molecule has 25 heavy (non-hydrogen) atoms. The summed E-state index contributed by atoms with van der Waals surface area (Å²) in [4.78, 5) is 39.5. The molecule has 6 heteroatoms. The highest BCUT2D eigenvalue weighted by molar-refractivity contribution is 6.04. The van der Waals surface area contributed by atoms with Crippen LogP contribution in [0.1, 0.15) is 27.1 Å². The number of aromatic carboxylic acids is 1. The second-order valence-corrected chi connectivity index (χ2v) is 5.93. The molecule has 1 fully saturated rings. The van der Waals surface area contributed by atoms with Gasteiger partial charge >= 0.3 is 5.97 Å². The number of benzene rings is 2. The highest BCUT2D eigenvalue weighted by atomic mass is 16.4. The van der Waals surface area contributed by atoms with Gasteiger partial charge in [-0.3, -0.25) is 9.59 Å². The number of para-hydroxylation sites is 1. The van der Waals surface area contributed by atoms with Crippen molar-refractivity contribution in [2.75, 3.05) is 18.5 Å². The number of carbonyl (C=O) groups is 3. The molecule has 6 nitrogen and oxygen atoms in total. The van der Waals surface area contributed by atoms with Gasteiger partial charge in [-0.05, 0) is 36.8 Å². The van der Waals surface area contributed by atoms with Crippen LogP contribution in [0.3, 0.4) is 0 Å². The van der Waals surface area contributed by atoms with E-state index in [-0.39, 0.29) is 22.9 Å². The van der Waals surface area contributed by atoms with Crippen LogP contribution < -0.4 is 4.90 Å². The number of carboxylic acid groups (broad SMARTS) is 1. The quantitative estimate of drug-likeness (QED) is 0.927. The van der Waals surface area contributed by atoms with Crippen molar-refractivity contribution in [3.63, 3.8) is 0 Å². The fourth-order valence-corrected chi connectivity index (χ4v) is 3.02. The van der Waals surface area contributed by atoms with Crippen molar-refractivity contribution >= 4 is 23.5 Å². The zero-order valence-electron chi connectivity index (χ0n) is 13.8. The Morgan fingerprint density at radius 1 is 1.08 bits per heavy atom. The van der Waals surface area contributed by atoms with Crippen LogP contribution in [0.5, 0.6) is 0 Å². The van der Waals surface area contributed by atoms with Crippen molar-refractivity contribution in [2.24, 2.45) is 0 Å². The van der Waals surface area contributed by atoms with Crippen LogP contribution in [0.4, 0.5) is 5.69 Å². The Labute approximate surface area is 145 Å². The summed E-state index contributed by atoms with van der Waals surface area (Å²) < 4.78 is 0. The monoisotopic (exact) mass is 338 g/mol. The van der Waals surface area contributed by atoms with E-state index in [0.717, 1.165) is 5.69 Å². The minimum Gasteiger partial charge on any atom is -0.478 e. The van der Waals surface area contributed by atoms with Crippen LogP contribution in [0.15, 0.2) is 54.6 Å². The molecular formula is C19H18N2O4. The van der Waals surface area contributed by atoms with E-state index in [0.29, 0.717) is 13.0 Å². The van der Waals surface area contributed by atoms with E-state index < -0.39 is 12.0 Å². The SMILES string of the molecule is CN(C(=O)c1cccc(C(=O)O)c1)C1CCN(c2ccccc2)C1=O. The minimum atomic E-state index is -1.09. The summed E-state index contributed by atoms with van der Waals surface area (Å²) >= 11 is 0. The summed E-state index contributed by atoms with van der Waals surface area (Å²) in [7, 11) is 1.58. The molecule has 2 amide bonds. The van der Waals surface area contributed by atoms with Gasteiger partial charge < -0.3 is 14.9 Å². The van der Waals surface area contributed by atoms with Crippen molar-refractivity contribution < 1.29 is 19.5 Å². The summed E-state index contributed by atoms with van der Waals surface area (Å²) in [5.41, 5.74) is 1.11. The molecule has 3 rings (SSSR count). The molecule has 0 radical (unpaired) electrons. The van der Waals surface area contributed by atoms with E-state index in [1.807, 2.05) is 30.3 Å². The van der Waals surface area contributed by atoms with Crippen molar-refractivity contribution in [1.82, 2.24) is 4.90 Å². The fraction of sp³-hybridized carbons (Fsp3) is 0.211. The molecule has 2 aromatic rings. The highest BCUT2D eigenvalue weighted by Gasteiger charge is 2.37. The number of carboxylic acids is 1. The first kappa shape index (κ1) is 16.7. The van der Waals surface area contributed by atoms with Crippen LogP contribution >= 0.6 is 0 Å². The molecule has 0 bridgehead atoms. The third-order valence-corrected chi connectivity index (χ3v) is 4.39. The Bertz CT molecular complexity index is 819. The fourth-order valence-electron chi connectivity index (χ4n) is 3.02. The number of rotatable bonds is 4. The average molecular weight is 338 g/mol. The lowest BCUT2D eigenvalue weighted by atomic mass is 10.1. The van der Waals surface area contributed by atoms with E-state index >= 15 is 0 Å². The molecule has 0 saturated carbocycles. The topological polar surface area (TPSA) is 77.9 Å². The summed E-state index contributed by atoms with van der Waals surface area (Å²) in [6.07, 6.45) is 0.536. The normalized spacial score (nSPS) is 16.8. The molecule has 0 aromatic heterocycles. The Morgan fingerprint density at radius 3 is 2.44 bits per heavy atom. The van der Waals surface area contributed by atoms with Gasteiger partial charge in [0, 0.05) is 24.8 Å². The van der Waals surface area contributed by atoms with E-state index in [2.05, 4.69) is 0 Å². The van der Waals surface area contributed by atoms with Crippen molar-refractivity contribution in [3.05, 3.63) is 65.7 Å². The summed E-state index contributed by atoms with van der Waals surface area (Å²) in [6.45, 7) is 0.542. The Kier molecular flexibility index (Phi) is 4.52. The average Bonchev–Trinajstić information content (AvgIpc) is 3.02. The molecule has 1 atom stereocenters. The molecule has 1 aliphatic heterocycles. The van der Waals surface area contributed by atoms with E-state index in [4.69, 9.17) is 5.11 Å². The third-order valence-electron chi connectivity index (χ3n) is 4.39. The maximum atomic E-state index is 12.7. The smallest absolute Gasteiger partial charge is 0.335 e. The maximum Gasteiger partial charge on any atom is 0.335 e. The summed E-state index contributed by atoms with van der Waals surface area (Å²) in [5.74, 6) is -1.59. The molecular weight excluding hydrogens is 320 g/mol. The zero-order chi connectivity index (χ0) is 18.0. The predicted octanol–water partition coefficient (Wildman–Crippen LogP) is 2.26. The van der Waals surface area contributed by atoms with Gasteiger partial charge in [0.1, 0.15) is 6.04 Å². The molecule has 0 aliphatic carbocycles. The number of amides is 2. The lowest BCUT2D eigenvalue weighted by Gasteiger charge is -2.24. The van der Waals surface area contributed by atoms with Gasteiger partial charge in [0.15, 0.2) is 0 Å². The van der Waals surface area contributed by atoms with Crippen LogP contribution in [0.25, 0.3) is 0 Å². The molecule has 128 valence electrons. The lowest BCUT2D eigenvalue weighted by Crippen LogP contribution is -2.43. The van der Waals surface area contributed by atoms with Gasteiger partial charge in [0.2, 0.25) is 5.91 Å². The summed E-state index contributed by atoms with van der Waals surface area (Å²) in [5, 5.41) is 9.06. The van der Waals surface area contributed by atoms with E-state index in [9.17, 15) is 14.4 Å². The first-order valence-electron chi connectivity index (χ1n) is 7.96. The lowest BCUT2D eigenvalue weighted by molar-refractivity contribution is -0.120. The predicted molar refractivity (Wildman–Crippen MR) is 92.7 cm³/mol. The van der Waals surface area contributed by atoms with Gasteiger partial charge in [-0.25, -0.2) is 4.79 Å². The maximum absolute atomic E-state index is 12.7. The number of hydrogen-bond acceptors (Lipinski definition) is 3. The highest BCUT2D eigenvalue weighted by Crippen LogP contribution is 2.24. The van der Waals surface area contributed by atoms with Crippen LogP contribution in [0, 0.1) is 0 Å². The van der Waals surface area contributed by atoms with Gasteiger partial charge in [0.05, 0.1) is 5.56 Å². The van der Waals surface area contributed by atoms with Gasteiger partial charge in [0.25, 0.3) is 5.91 Å². The molecule has 1 N–H and O–H groups in total. The number of hydrogen-bond donors (Lipinski definition) is 1. The molecule has 1 heterocycles. The molecule has 2 aromatic carbocycles. The van der Waals surface area contributed by atoms with E-state index in [1.54, 1.807) is 18.0 Å². The second-order valence-electron chi connectivity index (χ2n) is 5.93. The first-order chi connectivity index (χ1) is 12.0. The standard InChI is InChI=1S/C19H18N2O4/c1-20(17(22)13-6-5-7-14(12-13)19(24)25)16-10-11-21(18(16)23)15-8-3-2-4-9-15/h2-9,12,16H,10-11H2,1H3,(H,24,25). The molecule has 1 aliphatic rings. The second kappa shape index (κ2) is 6.76. The largest absolute Gasteiger partial charge is 0.478 e. The minimum absolute atomic E-state index is 0.0444. The Balaban J connectivity index is 1.78. The number of anilines is 1. The van der Waals surface area contributed by atoms with Crippen LogP contribution in [-0.4, -0.2) is 47.4 Å². The molecule has 1 unspecified atom stereocenters. The summed E-state index contributed by atoms with van der Waals surface area (Å²) in [6, 6.07) is 14.6. The van der Waals surface area contributed by atoms with Crippen LogP contribution in [-0.2, 0) is 4.79 Å². The van der Waals surface area contributed by atoms with Crippen LogP contribution in [0.2, 0.25) is 0 Å². The van der Waals surface area contributed by atoms with Crippen molar-refractivity contribution in [2.45, 2.75) is 12.5 Å². The molecule has 1 saturated heterocycles.